The predicted molar refractivity (Wildman–Crippen MR) is 110 cm³/mol. The van der Waals surface area contributed by atoms with E-state index in [9.17, 15) is 4.79 Å². The van der Waals surface area contributed by atoms with Crippen molar-refractivity contribution in [3.8, 4) is 11.1 Å². The zero-order valence-corrected chi connectivity index (χ0v) is 16.4. The second kappa shape index (κ2) is 9.49. The van der Waals surface area contributed by atoms with Crippen LogP contribution in [0, 0.1) is 12.8 Å². The molecule has 3 rings (SSSR count). The number of nitrogens with one attached hydrogen (secondary N) is 1. The van der Waals surface area contributed by atoms with Gasteiger partial charge in [-0.25, -0.2) is 9.97 Å². The number of anilines is 1. The maximum Gasteiger partial charge on any atom is 0.225 e. The molecule has 5 heteroatoms. The molecule has 0 spiro atoms. The quantitative estimate of drug-likeness (QED) is 0.753. The number of benzene rings is 1. The van der Waals surface area contributed by atoms with Crippen LogP contribution in [0.3, 0.4) is 0 Å². The van der Waals surface area contributed by atoms with Crippen LogP contribution in [0.2, 0.25) is 0 Å². The summed E-state index contributed by atoms with van der Waals surface area (Å²) in [6, 6.07) is 8.37. The van der Waals surface area contributed by atoms with Crippen LogP contribution < -0.4 is 10.2 Å². The van der Waals surface area contributed by atoms with Crippen molar-refractivity contribution >= 4 is 11.9 Å². The van der Waals surface area contributed by atoms with E-state index in [0.29, 0.717) is 12.5 Å². The van der Waals surface area contributed by atoms with E-state index in [1.807, 2.05) is 12.4 Å². The van der Waals surface area contributed by atoms with Gasteiger partial charge in [-0.05, 0) is 31.7 Å². The van der Waals surface area contributed by atoms with E-state index in [1.165, 1.54) is 12.0 Å². The highest BCUT2D eigenvalue weighted by Crippen LogP contribution is 2.23. The number of aromatic nitrogens is 2. The summed E-state index contributed by atoms with van der Waals surface area (Å²) in [5.74, 6) is 0.919. The first kappa shape index (κ1) is 19.3. The number of carbonyl (C=O) groups excluding carboxylic acids is 1. The third-order valence-electron chi connectivity index (χ3n) is 5.18. The molecule has 27 heavy (non-hydrogen) atoms. The summed E-state index contributed by atoms with van der Waals surface area (Å²) in [4.78, 5) is 23.7. The second-order valence-corrected chi connectivity index (χ2v) is 7.42. The van der Waals surface area contributed by atoms with Crippen molar-refractivity contribution < 1.29 is 4.79 Å². The van der Waals surface area contributed by atoms with Crippen molar-refractivity contribution in [2.24, 2.45) is 5.92 Å². The van der Waals surface area contributed by atoms with Crippen LogP contribution in [0.15, 0.2) is 36.7 Å². The van der Waals surface area contributed by atoms with Crippen LogP contribution in [-0.4, -0.2) is 35.5 Å². The molecule has 0 saturated carbocycles. The Morgan fingerprint density at radius 3 is 2.59 bits per heavy atom. The zero-order chi connectivity index (χ0) is 19.1. The van der Waals surface area contributed by atoms with Gasteiger partial charge in [-0.3, -0.25) is 4.79 Å². The molecule has 1 aromatic carbocycles. The van der Waals surface area contributed by atoms with E-state index in [2.05, 4.69) is 58.3 Å². The van der Waals surface area contributed by atoms with Gasteiger partial charge in [0.15, 0.2) is 0 Å². The molecule has 1 N–H and O–H groups in total. The van der Waals surface area contributed by atoms with Crippen molar-refractivity contribution in [2.45, 2.75) is 46.0 Å². The van der Waals surface area contributed by atoms with Crippen LogP contribution in [0.5, 0.6) is 0 Å². The average molecular weight is 367 g/mol. The largest absolute Gasteiger partial charge is 0.356 e. The number of piperidine rings is 1. The van der Waals surface area contributed by atoms with Gasteiger partial charge < -0.3 is 10.2 Å². The first-order chi connectivity index (χ1) is 13.2. The smallest absolute Gasteiger partial charge is 0.225 e. The van der Waals surface area contributed by atoms with E-state index < -0.39 is 0 Å². The number of hydrogen-bond donors (Lipinski definition) is 1. The normalized spacial score (nSPS) is 17.0. The molecule has 0 radical (unpaired) electrons. The zero-order valence-electron chi connectivity index (χ0n) is 16.4. The summed E-state index contributed by atoms with van der Waals surface area (Å²) in [6.45, 7) is 6.64. The lowest BCUT2D eigenvalue weighted by Crippen LogP contribution is -2.43. The monoisotopic (exact) mass is 366 g/mol. The van der Waals surface area contributed by atoms with Crippen LogP contribution >= 0.6 is 0 Å². The van der Waals surface area contributed by atoms with Gasteiger partial charge in [0.05, 0.1) is 5.92 Å². The van der Waals surface area contributed by atoms with Crippen LogP contribution in [0.25, 0.3) is 11.1 Å². The van der Waals surface area contributed by atoms with Crippen LogP contribution in [-0.2, 0) is 4.79 Å². The summed E-state index contributed by atoms with van der Waals surface area (Å²) in [7, 11) is 0. The maximum atomic E-state index is 12.4. The number of unbranched alkanes of at least 4 members (excludes halogenated alkanes) is 2. The van der Waals surface area contributed by atoms with Gasteiger partial charge in [0, 0.05) is 37.6 Å². The third-order valence-corrected chi connectivity index (χ3v) is 5.18. The molecule has 1 aliphatic rings. The minimum absolute atomic E-state index is 0.0285. The summed E-state index contributed by atoms with van der Waals surface area (Å²) >= 11 is 0. The first-order valence-corrected chi connectivity index (χ1v) is 10.1. The molecule has 1 aliphatic heterocycles. The fraction of sp³-hybridized carbons (Fsp3) is 0.500. The molecule has 1 fully saturated rings. The van der Waals surface area contributed by atoms with Crippen LogP contribution in [0.4, 0.5) is 5.95 Å². The van der Waals surface area contributed by atoms with Crippen molar-refractivity contribution in [1.29, 1.82) is 0 Å². The molecule has 2 heterocycles. The van der Waals surface area contributed by atoms with Gasteiger partial charge in [0.2, 0.25) is 11.9 Å². The molecule has 1 saturated heterocycles. The Hall–Kier alpha value is -2.43. The lowest BCUT2D eigenvalue weighted by Gasteiger charge is -2.32. The van der Waals surface area contributed by atoms with Gasteiger partial charge in [0.25, 0.3) is 0 Å². The Morgan fingerprint density at radius 1 is 1.15 bits per heavy atom. The van der Waals surface area contributed by atoms with Crippen molar-refractivity contribution in [2.75, 3.05) is 24.5 Å². The fourth-order valence-electron chi connectivity index (χ4n) is 3.48. The highest BCUT2D eigenvalue weighted by molar-refractivity contribution is 5.79. The minimum Gasteiger partial charge on any atom is -0.356 e. The minimum atomic E-state index is 0.0285. The van der Waals surface area contributed by atoms with Crippen LogP contribution in [0.1, 0.15) is 44.6 Å². The van der Waals surface area contributed by atoms with Crippen molar-refractivity contribution in [3.63, 3.8) is 0 Å². The number of hydrogen-bond acceptors (Lipinski definition) is 4. The standard InChI is InChI=1S/C22H30N4O/c1-3-4-5-12-23-21(27)19-7-6-13-26(16-19)22-24-14-20(15-25-22)18-10-8-17(2)9-11-18/h8-11,14-15,19H,3-7,12-13,16H2,1-2H3,(H,23,27)/t19-/m1/s1. The number of carbonyl (C=O) groups is 1. The topological polar surface area (TPSA) is 58.1 Å². The predicted octanol–water partition coefficient (Wildman–Crippen LogP) is 3.97. The highest BCUT2D eigenvalue weighted by Gasteiger charge is 2.26. The molecule has 1 atom stereocenters. The maximum absolute atomic E-state index is 12.4. The Labute approximate surface area is 162 Å². The number of amides is 1. The number of rotatable bonds is 7. The van der Waals surface area contributed by atoms with Gasteiger partial charge in [-0.2, -0.15) is 0 Å². The molecule has 0 unspecified atom stereocenters. The lowest BCUT2D eigenvalue weighted by molar-refractivity contribution is -0.125. The fourth-order valence-corrected chi connectivity index (χ4v) is 3.48. The van der Waals surface area contributed by atoms with E-state index in [1.54, 1.807) is 0 Å². The average Bonchev–Trinajstić information content (AvgIpc) is 2.72. The second-order valence-electron chi connectivity index (χ2n) is 7.42. The molecule has 1 aromatic heterocycles. The van der Waals surface area contributed by atoms with Gasteiger partial charge in [0.1, 0.15) is 0 Å². The molecule has 0 bridgehead atoms. The van der Waals surface area contributed by atoms with Gasteiger partial charge in [-0.1, -0.05) is 49.6 Å². The Kier molecular flexibility index (Phi) is 6.80. The van der Waals surface area contributed by atoms with E-state index in [4.69, 9.17) is 0 Å². The summed E-state index contributed by atoms with van der Waals surface area (Å²) < 4.78 is 0. The van der Waals surface area contributed by atoms with Crippen molar-refractivity contribution in [3.05, 3.63) is 42.2 Å². The molecule has 1 amide bonds. The van der Waals surface area contributed by atoms with E-state index in [0.717, 1.165) is 49.9 Å². The Morgan fingerprint density at radius 2 is 1.89 bits per heavy atom. The van der Waals surface area contributed by atoms with Gasteiger partial charge >= 0.3 is 0 Å². The summed E-state index contributed by atoms with van der Waals surface area (Å²) in [5, 5.41) is 3.09. The molecule has 2 aromatic rings. The van der Waals surface area contributed by atoms with E-state index >= 15 is 0 Å². The SMILES string of the molecule is CCCCCNC(=O)[C@@H]1CCCN(c2ncc(-c3ccc(C)cc3)cn2)C1. The lowest BCUT2D eigenvalue weighted by atomic mass is 9.97. The summed E-state index contributed by atoms with van der Waals surface area (Å²) in [5.41, 5.74) is 3.37. The molecule has 5 nitrogen and oxygen atoms in total. The Balaban J connectivity index is 1.59. The summed E-state index contributed by atoms with van der Waals surface area (Å²) in [6.07, 6.45) is 9.08. The number of aryl methyl sites for hydroxylation is 1. The Bertz CT molecular complexity index is 727. The number of nitrogens with zero attached hydrogens (tertiary/aromatic N) is 3. The molecular formula is C22H30N4O. The van der Waals surface area contributed by atoms with Gasteiger partial charge in [-0.15, -0.1) is 0 Å². The highest BCUT2D eigenvalue weighted by atomic mass is 16.1. The first-order valence-electron chi connectivity index (χ1n) is 10.1. The molecule has 144 valence electrons. The molecular weight excluding hydrogens is 336 g/mol. The van der Waals surface area contributed by atoms with E-state index in [-0.39, 0.29) is 11.8 Å². The third kappa shape index (κ3) is 5.28. The molecule has 0 aliphatic carbocycles. The van der Waals surface area contributed by atoms with Crippen molar-refractivity contribution in [1.82, 2.24) is 15.3 Å².